The summed E-state index contributed by atoms with van der Waals surface area (Å²) >= 11 is 18.0. The van der Waals surface area contributed by atoms with Crippen LogP contribution in [0, 0.1) is 16.0 Å². The van der Waals surface area contributed by atoms with Gasteiger partial charge in [0.05, 0.1) is 17.7 Å². The summed E-state index contributed by atoms with van der Waals surface area (Å²) < 4.78 is 13.0. The number of hydrogen-bond acceptors (Lipinski definition) is 7. The molecule has 3 aromatic rings. The number of ether oxygens (including phenoxy) is 2. The quantitative estimate of drug-likeness (QED) is 0.198. The highest BCUT2D eigenvalue weighted by molar-refractivity contribution is 6.35. The van der Waals surface area contributed by atoms with Crippen molar-refractivity contribution in [2.75, 3.05) is 31.2 Å². The topological polar surface area (TPSA) is 103 Å². The van der Waals surface area contributed by atoms with E-state index in [1.54, 1.807) is 18.2 Å². The number of halogens is 3. The van der Waals surface area contributed by atoms with E-state index in [9.17, 15) is 15.2 Å². The standard InChI is InChI=1S/C26H29Cl3N4O5/c27-19-1-6-24(23(28)15-19)37-14-10-18-7-11-31(12-8-18)20-2-4-22(5-3-20)38-17-21(34)9-13-32-16-25(33(35)36)30-26(32)29/h1-6,15-16,18,21,34H,7-14,17H2/t21-/m1/s1. The predicted octanol–water partition coefficient (Wildman–Crippen LogP) is 6.27. The third kappa shape index (κ3) is 7.89. The summed E-state index contributed by atoms with van der Waals surface area (Å²) in [5.41, 5.74) is 1.14. The third-order valence-electron chi connectivity index (χ3n) is 6.54. The number of aliphatic hydroxyl groups is 1. The van der Waals surface area contributed by atoms with Crippen LogP contribution in [-0.2, 0) is 6.54 Å². The van der Waals surface area contributed by atoms with Crippen LogP contribution in [0.1, 0.15) is 25.7 Å². The molecule has 2 heterocycles. The van der Waals surface area contributed by atoms with E-state index in [4.69, 9.17) is 44.3 Å². The Balaban J connectivity index is 1.15. The van der Waals surface area contributed by atoms with Crippen LogP contribution < -0.4 is 14.4 Å². The number of imidazole rings is 1. The van der Waals surface area contributed by atoms with Gasteiger partial charge in [-0.3, -0.25) is 4.57 Å². The smallest absolute Gasteiger partial charge is 0.383 e. The van der Waals surface area contributed by atoms with Gasteiger partial charge in [0.15, 0.2) is 0 Å². The summed E-state index contributed by atoms with van der Waals surface area (Å²) in [6, 6.07) is 13.1. The van der Waals surface area contributed by atoms with Gasteiger partial charge < -0.3 is 29.6 Å². The fourth-order valence-electron chi connectivity index (χ4n) is 4.35. The Morgan fingerprint density at radius 3 is 2.50 bits per heavy atom. The molecule has 1 aliphatic rings. The number of aryl methyl sites for hydroxylation is 1. The molecule has 2 aromatic carbocycles. The SMILES string of the molecule is O=[N+]([O-])c1cn(CC[C@@H](O)COc2ccc(N3CCC(CCOc4ccc(Cl)cc4Cl)CC3)cc2)c(Cl)n1. The average Bonchev–Trinajstić information content (AvgIpc) is 3.29. The Morgan fingerprint density at radius 2 is 1.84 bits per heavy atom. The molecule has 9 nitrogen and oxygen atoms in total. The van der Waals surface area contributed by atoms with Gasteiger partial charge >= 0.3 is 11.1 Å². The number of piperidine rings is 1. The number of rotatable bonds is 12. The number of aromatic nitrogens is 2. The summed E-state index contributed by atoms with van der Waals surface area (Å²) in [5.74, 6) is 1.61. The molecular weight excluding hydrogens is 555 g/mol. The first kappa shape index (κ1) is 28.3. The van der Waals surface area contributed by atoms with Crippen LogP contribution in [-0.4, -0.2) is 52.0 Å². The van der Waals surface area contributed by atoms with Gasteiger partial charge in [-0.1, -0.05) is 23.2 Å². The molecule has 0 spiro atoms. The van der Waals surface area contributed by atoms with Crippen molar-refractivity contribution in [2.45, 2.75) is 38.3 Å². The molecule has 1 N–H and O–H groups in total. The van der Waals surface area contributed by atoms with Crippen LogP contribution >= 0.6 is 34.8 Å². The Labute approximate surface area is 236 Å². The van der Waals surface area contributed by atoms with E-state index in [2.05, 4.69) is 9.88 Å². The van der Waals surface area contributed by atoms with E-state index < -0.39 is 11.0 Å². The average molecular weight is 584 g/mol. The Hall–Kier alpha value is -2.72. The summed E-state index contributed by atoms with van der Waals surface area (Å²) in [4.78, 5) is 16.2. The first-order valence-electron chi connectivity index (χ1n) is 12.4. The Morgan fingerprint density at radius 1 is 1.11 bits per heavy atom. The molecule has 204 valence electrons. The van der Waals surface area contributed by atoms with Crippen LogP contribution in [0.5, 0.6) is 11.5 Å². The molecule has 0 unspecified atom stereocenters. The van der Waals surface area contributed by atoms with E-state index in [0.717, 1.165) is 38.0 Å². The van der Waals surface area contributed by atoms with Crippen molar-refractivity contribution >= 4 is 46.3 Å². The van der Waals surface area contributed by atoms with E-state index in [-0.39, 0.29) is 17.7 Å². The highest BCUT2D eigenvalue weighted by Crippen LogP contribution is 2.30. The maximum Gasteiger partial charge on any atom is 0.383 e. The molecule has 38 heavy (non-hydrogen) atoms. The minimum atomic E-state index is -0.758. The van der Waals surface area contributed by atoms with Crippen molar-refractivity contribution in [3.8, 4) is 11.5 Å². The van der Waals surface area contributed by atoms with Crippen molar-refractivity contribution in [2.24, 2.45) is 5.92 Å². The van der Waals surface area contributed by atoms with Crippen molar-refractivity contribution in [3.05, 3.63) is 74.1 Å². The van der Waals surface area contributed by atoms with Gasteiger partial charge in [-0.25, -0.2) is 0 Å². The lowest BCUT2D eigenvalue weighted by molar-refractivity contribution is -0.389. The molecule has 1 atom stereocenters. The van der Waals surface area contributed by atoms with Crippen molar-refractivity contribution in [3.63, 3.8) is 0 Å². The van der Waals surface area contributed by atoms with E-state index in [0.29, 0.717) is 47.0 Å². The minimum absolute atomic E-state index is 0.0145. The second kappa shape index (κ2) is 13.4. The maximum atomic E-state index is 10.8. The zero-order valence-corrected chi connectivity index (χ0v) is 22.9. The molecule has 0 amide bonds. The van der Waals surface area contributed by atoms with E-state index >= 15 is 0 Å². The van der Waals surface area contributed by atoms with E-state index in [1.807, 2.05) is 24.3 Å². The zero-order valence-electron chi connectivity index (χ0n) is 20.6. The molecule has 1 aromatic heterocycles. The highest BCUT2D eigenvalue weighted by atomic mass is 35.5. The second-order valence-electron chi connectivity index (χ2n) is 9.21. The molecule has 0 bridgehead atoms. The Bertz CT molecular complexity index is 1220. The Kier molecular flexibility index (Phi) is 9.96. The first-order valence-corrected chi connectivity index (χ1v) is 13.5. The second-order valence-corrected chi connectivity index (χ2v) is 10.4. The molecule has 0 saturated carbocycles. The van der Waals surface area contributed by atoms with Gasteiger partial charge in [0, 0.05) is 30.3 Å². The highest BCUT2D eigenvalue weighted by Gasteiger charge is 2.20. The normalized spacial score (nSPS) is 14.9. The van der Waals surface area contributed by atoms with Crippen molar-refractivity contribution in [1.29, 1.82) is 0 Å². The lowest BCUT2D eigenvalue weighted by Crippen LogP contribution is -2.34. The van der Waals surface area contributed by atoms with Crippen LogP contribution in [0.15, 0.2) is 48.7 Å². The molecule has 0 aliphatic carbocycles. The zero-order chi connectivity index (χ0) is 27.1. The van der Waals surface area contributed by atoms with Crippen LogP contribution in [0.3, 0.4) is 0 Å². The molecule has 1 aliphatic heterocycles. The molecule has 0 radical (unpaired) electrons. The van der Waals surface area contributed by atoms with Crippen molar-refractivity contribution < 1.29 is 19.5 Å². The number of anilines is 1. The number of nitro groups is 1. The van der Waals surface area contributed by atoms with Gasteiger partial charge in [-0.2, -0.15) is 0 Å². The third-order valence-corrected chi connectivity index (χ3v) is 7.37. The first-order chi connectivity index (χ1) is 18.3. The summed E-state index contributed by atoms with van der Waals surface area (Å²) in [5, 5.41) is 22.2. The number of aliphatic hydroxyl groups excluding tert-OH is 1. The predicted molar refractivity (Wildman–Crippen MR) is 148 cm³/mol. The fraction of sp³-hybridized carbons (Fsp3) is 0.423. The summed E-state index contributed by atoms with van der Waals surface area (Å²) in [6.45, 7) is 2.96. The lowest BCUT2D eigenvalue weighted by atomic mass is 9.93. The number of nitrogens with zero attached hydrogens (tertiary/aromatic N) is 4. The molecule has 4 rings (SSSR count). The van der Waals surface area contributed by atoms with Gasteiger partial charge in [-0.05, 0) is 95.6 Å². The van der Waals surface area contributed by atoms with Gasteiger partial charge in [-0.15, -0.1) is 0 Å². The largest absolute Gasteiger partial charge is 0.492 e. The van der Waals surface area contributed by atoms with Gasteiger partial charge in [0.25, 0.3) is 0 Å². The maximum absolute atomic E-state index is 10.8. The summed E-state index contributed by atoms with van der Waals surface area (Å²) in [7, 11) is 0. The van der Waals surface area contributed by atoms with Gasteiger partial charge in [0.2, 0.25) is 0 Å². The van der Waals surface area contributed by atoms with E-state index in [1.165, 1.54) is 10.8 Å². The van der Waals surface area contributed by atoms with Gasteiger partial charge in [0.1, 0.15) is 24.3 Å². The molecule has 1 saturated heterocycles. The van der Waals surface area contributed by atoms with Crippen LogP contribution in [0.4, 0.5) is 11.5 Å². The number of benzene rings is 2. The fourth-order valence-corrected chi connectivity index (χ4v) is 5.03. The molecule has 12 heteroatoms. The minimum Gasteiger partial charge on any atom is -0.492 e. The monoisotopic (exact) mass is 582 g/mol. The molecular formula is C26H29Cl3N4O5. The lowest BCUT2D eigenvalue weighted by Gasteiger charge is -2.33. The van der Waals surface area contributed by atoms with Crippen LogP contribution in [0.25, 0.3) is 0 Å². The molecule has 1 fully saturated rings. The van der Waals surface area contributed by atoms with Crippen LogP contribution in [0.2, 0.25) is 15.3 Å². The van der Waals surface area contributed by atoms with Crippen molar-refractivity contribution in [1.82, 2.24) is 9.55 Å². The number of hydrogen-bond donors (Lipinski definition) is 1. The summed E-state index contributed by atoms with van der Waals surface area (Å²) in [6.07, 6.45) is 3.97.